The van der Waals surface area contributed by atoms with E-state index in [0.717, 1.165) is 6.54 Å². The molecule has 0 atom stereocenters. The molecule has 0 spiro atoms. The van der Waals surface area contributed by atoms with Crippen LogP contribution in [0.3, 0.4) is 0 Å². The summed E-state index contributed by atoms with van der Waals surface area (Å²) in [5, 5.41) is 1.41. The van der Waals surface area contributed by atoms with Gasteiger partial charge >= 0.3 is 0 Å². The number of nitrogens with two attached hydrogens (primary N) is 1. The molecule has 1 saturated heterocycles. The van der Waals surface area contributed by atoms with E-state index in [1.807, 2.05) is 11.3 Å². The molecule has 1 fully saturated rings. The van der Waals surface area contributed by atoms with E-state index >= 15 is 0 Å². The van der Waals surface area contributed by atoms with Gasteiger partial charge in [-0.3, -0.25) is 4.90 Å². The Morgan fingerprint density at radius 3 is 2.81 bits per heavy atom. The van der Waals surface area contributed by atoms with E-state index in [-0.39, 0.29) is 0 Å². The van der Waals surface area contributed by atoms with Gasteiger partial charge in [-0.15, -0.1) is 11.3 Å². The van der Waals surface area contributed by atoms with E-state index in [1.54, 1.807) is 0 Å². The van der Waals surface area contributed by atoms with Crippen LogP contribution in [0.25, 0.3) is 10.1 Å². The van der Waals surface area contributed by atoms with Gasteiger partial charge < -0.3 is 5.73 Å². The molecule has 0 unspecified atom stereocenters. The average Bonchev–Trinajstić information content (AvgIpc) is 2.72. The minimum Gasteiger partial charge on any atom is -0.326 e. The summed E-state index contributed by atoms with van der Waals surface area (Å²) in [6, 6.07) is 8.73. The summed E-state index contributed by atoms with van der Waals surface area (Å²) >= 11 is 1.87. The Morgan fingerprint density at radius 2 is 2.00 bits per heavy atom. The molecule has 2 N–H and O–H groups in total. The summed E-state index contributed by atoms with van der Waals surface area (Å²) in [6.07, 6.45) is 3.96. The zero-order valence-corrected chi connectivity index (χ0v) is 14.0. The molecule has 0 aliphatic carbocycles. The lowest BCUT2D eigenvalue weighted by Gasteiger charge is -2.23. The van der Waals surface area contributed by atoms with Crippen LogP contribution in [0, 0.1) is 5.41 Å². The molecule has 0 bridgehead atoms. The molecule has 1 aromatic carbocycles. The van der Waals surface area contributed by atoms with E-state index in [9.17, 15) is 0 Å². The number of nitrogens with zero attached hydrogens (tertiary/aromatic N) is 1. The van der Waals surface area contributed by atoms with Crippen LogP contribution in [0.2, 0.25) is 0 Å². The molecule has 2 heterocycles. The van der Waals surface area contributed by atoms with Crippen molar-refractivity contribution in [3.63, 3.8) is 0 Å². The van der Waals surface area contributed by atoms with Crippen molar-refractivity contribution < 1.29 is 0 Å². The van der Waals surface area contributed by atoms with Crippen molar-refractivity contribution in [3.8, 4) is 0 Å². The maximum absolute atomic E-state index is 5.99. The molecule has 2 aromatic rings. The second-order valence-electron chi connectivity index (χ2n) is 7.00. The molecule has 0 amide bonds. The highest BCUT2D eigenvalue weighted by molar-refractivity contribution is 7.19. The number of thiophene rings is 1. The first kappa shape index (κ1) is 15.0. The molecule has 0 radical (unpaired) electrons. The average molecular weight is 302 g/mol. The van der Waals surface area contributed by atoms with Gasteiger partial charge in [0.25, 0.3) is 0 Å². The van der Waals surface area contributed by atoms with Gasteiger partial charge in [-0.2, -0.15) is 0 Å². The van der Waals surface area contributed by atoms with E-state index in [2.05, 4.69) is 43.0 Å². The third-order valence-electron chi connectivity index (χ3n) is 4.78. The van der Waals surface area contributed by atoms with Crippen LogP contribution in [-0.2, 0) is 13.1 Å². The fraction of sp³-hybridized carbons (Fsp3) is 0.556. The lowest BCUT2D eigenvalue weighted by atomic mass is 9.85. The fourth-order valence-electron chi connectivity index (χ4n) is 3.35. The standard InChI is InChI=1S/C18H26N2S/c1-18(2)8-5-10-20(11-9-18)13-15-14-6-3-4-7-16(14)21-17(15)12-19/h3-4,6-7H,5,8-13,19H2,1-2H3. The van der Waals surface area contributed by atoms with Crippen LogP contribution in [0.4, 0.5) is 0 Å². The summed E-state index contributed by atoms with van der Waals surface area (Å²) in [5.74, 6) is 0. The first-order valence-electron chi connectivity index (χ1n) is 8.01. The third kappa shape index (κ3) is 3.31. The summed E-state index contributed by atoms with van der Waals surface area (Å²) in [4.78, 5) is 3.99. The maximum Gasteiger partial charge on any atom is 0.0349 e. The molecule has 0 saturated carbocycles. The van der Waals surface area contributed by atoms with Crippen molar-refractivity contribution in [3.05, 3.63) is 34.7 Å². The van der Waals surface area contributed by atoms with E-state index in [0.29, 0.717) is 12.0 Å². The Bertz CT molecular complexity index is 615. The highest BCUT2D eigenvalue weighted by Crippen LogP contribution is 2.34. The van der Waals surface area contributed by atoms with Crippen LogP contribution in [-0.4, -0.2) is 18.0 Å². The van der Waals surface area contributed by atoms with E-state index < -0.39 is 0 Å². The number of hydrogen-bond donors (Lipinski definition) is 1. The van der Waals surface area contributed by atoms with Crippen molar-refractivity contribution in [2.45, 2.75) is 46.2 Å². The number of likely N-dealkylation sites (tertiary alicyclic amines) is 1. The Kier molecular flexibility index (Phi) is 4.34. The fourth-order valence-corrected chi connectivity index (χ4v) is 4.44. The molecule has 114 valence electrons. The van der Waals surface area contributed by atoms with Gasteiger partial charge in [-0.25, -0.2) is 0 Å². The van der Waals surface area contributed by atoms with Crippen LogP contribution < -0.4 is 5.73 Å². The number of fused-ring (bicyclic) bond motifs is 1. The Labute approximate surface area is 131 Å². The highest BCUT2D eigenvalue weighted by Gasteiger charge is 2.24. The molecule has 21 heavy (non-hydrogen) atoms. The Balaban J connectivity index is 1.84. The van der Waals surface area contributed by atoms with Gasteiger partial charge in [0.15, 0.2) is 0 Å². The van der Waals surface area contributed by atoms with Gasteiger partial charge in [-0.1, -0.05) is 32.0 Å². The van der Waals surface area contributed by atoms with Crippen LogP contribution in [0.15, 0.2) is 24.3 Å². The van der Waals surface area contributed by atoms with E-state index in [1.165, 1.54) is 52.9 Å². The Hall–Kier alpha value is -0.900. The van der Waals surface area contributed by atoms with Crippen molar-refractivity contribution in [1.82, 2.24) is 4.90 Å². The smallest absolute Gasteiger partial charge is 0.0349 e. The summed E-state index contributed by atoms with van der Waals surface area (Å²) in [7, 11) is 0. The quantitative estimate of drug-likeness (QED) is 0.912. The van der Waals surface area contributed by atoms with Gasteiger partial charge in [0.2, 0.25) is 0 Å². The third-order valence-corrected chi connectivity index (χ3v) is 6.02. The second kappa shape index (κ2) is 6.07. The zero-order chi connectivity index (χ0) is 14.9. The molecular formula is C18H26N2S. The predicted octanol–water partition coefficient (Wildman–Crippen LogP) is 4.37. The lowest BCUT2D eigenvalue weighted by Crippen LogP contribution is -2.25. The highest BCUT2D eigenvalue weighted by atomic mass is 32.1. The molecular weight excluding hydrogens is 276 g/mol. The first-order valence-corrected chi connectivity index (χ1v) is 8.82. The van der Waals surface area contributed by atoms with Gasteiger partial charge in [0, 0.05) is 22.7 Å². The largest absolute Gasteiger partial charge is 0.326 e. The number of rotatable bonds is 3. The lowest BCUT2D eigenvalue weighted by molar-refractivity contribution is 0.256. The van der Waals surface area contributed by atoms with Gasteiger partial charge in [-0.05, 0) is 54.8 Å². The summed E-state index contributed by atoms with van der Waals surface area (Å²) in [5.41, 5.74) is 7.96. The van der Waals surface area contributed by atoms with Gasteiger partial charge in [0.05, 0.1) is 0 Å². The van der Waals surface area contributed by atoms with Crippen LogP contribution in [0.5, 0.6) is 0 Å². The van der Waals surface area contributed by atoms with Crippen molar-refractivity contribution in [2.24, 2.45) is 11.1 Å². The zero-order valence-electron chi connectivity index (χ0n) is 13.2. The number of benzene rings is 1. The minimum absolute atomic E-state index is 0.502. The van der Waals surface area contributed by atoms with E-state index in [4.69, 9.17) is 5.73 Å². The second-order valence-corrected chi connectivity index (χ2v) is 8.13. The predicted molar refractivity (Wildman–Crippen MR) is 92.6 cm³/mol. The number of hydrogen-bond acceptors (Lipinski definition) is 3. The van der Waals surface area contributed by atoms with Crippen LogP contribution in [0.1, 0.15) is 43.6 Å². The molecule has 3 heteroatoms. The Morgan fingerprint density at radius 1 is 1.19 bits per heavy atom. The van der Waals surface area contributed by atoms with Crippen molar-refractivity contribution in [2.75, 3.05) is 13.1 Å². The normalized spacial score (nSPS) is 19.8. The van der Waals surface area contributed by atoms with Gasteiger partial charge in [0.1, 0.15) is 0 Å². The topological polar surface area (TPSA) is 29.3 Å². The SMILES string of the molecule is CC1(C)CCCN(Cc2c(CN)sc3ccccc23)CC1. The van der Waals surface area contributed by atoms with Crippen molar-refractivity contribution in [1.29, 1.82) is 0 Å². The minimum atomic E-state index is 0.502. The molecule has 1 aromatic heterocycles. The summed E-state index contributed by atoms with van der Waals surface area (Å²) < 4.78 is 1.38. The first-order chi connectivity index (χ1) is 10.1. The molecule has 2 nitrogen and oxygen atoms in total. The monoisotopic (exact) mass is 302 g/mol. The molecule has 1 aliphatic rings. The molecule has 1 aliphatic heterocycles. The van der Waals surface area contributed by atoms with Crippen molar-refractivity contribution >= 4 is 21.4 Å². The maximum atomic E-state index is 5.99. The summed E-state index contributed by atoms with van der Waals surface area (Å²) in [6.45, 7) is 8.96. The molecule has 3 rings (SSSR count). The van der Waals surface area contributed by atoms with Crippen LogP contribution >= 0.6 is 11.3 Å².